The predicted octanol–water partition coefficient (Wildman–Crippen LogP) is 2.63. The molecule has 2 bridgehead atoms. The van der Waals surface area contributed by atoms with E-state index in [-0.39, 0.29) is 11.4 Å². The van der Waals surface area contributed by atoms with Crippen LogP contribution < -0.4 is 0 Å². The Kier molecular flexibility index (Phi) is 1.74. The summed E-state index contributed by atoms with van der Waals surface area (Å²) in [6.07, 6.45) is 2.58. The Morgan fingerprint density at radius 1 is 1.58 bits per heavy atom. The Bertz CT molecular complexity index is 330. The van der Waals surface area contributed by atoms with Crippen molar-refractivity contribution < 1.29 is 9.53 Å². The summed E-state index contributed by atoms with van der Waals surface area (Å²) in [6.45, 7) is 1.95. The molecule has 0 saturated heterocycles. The van der Waals surface area contributed by atoms with E-state index >= 15 is 0 Å². The molecule has 64 valence electrons. The molecule has 0 aromatic heterocycles. The van der Waals surface area contributed by atoms with Crippen LogP contribution in [0.5, 0.6) is 0 Å². The molecule has 4 heteroatoms. The third kappa shape index (κ3) is 0.941. The molecular formula is C8H6Br2O2. The van der Waals surface area contributed by atoms with Crippen LogP contribution in [0, 0.1) is 0 Å². The minimum atomic E-state index is -0.359. The molecule has 0 fully saturated rings. The van der Waals surface area contributed by atoms with Crippen molar-refractivity contribution in [3.63, 3.8) is 0 Å². The maximum absolute atomic E-state index is 11.4. The molecule has 0 amide bonds. The van der Waals surface area contributed by atoms with Crippen LogP contribution in [-0.2, 0) is 9.53 Å². The Balaban J connectivity index is 2.59. The summed E-state index contributed by atoms with van der Waals surface area (Å²) in [5.74, 6) is 0.393. The lowest BCUT2D eigenvalue weighted by Crippen LogP contribution is -2.30. The van der Waals surface area contributed by atoms with Crippen molar-refractivity contribution >= 4 is 37.6 Å². The lowest BCUT2D eigenvalue weighted by Gasteiger charge is -2.29. The zero-order valence-corrected chi connectivity index (χ0v) is 9.53. The van der Waals surface area contributed by atoms with E-state index in [1.165, 1.54) is 0 Å². The third-order valence-electron chi connectivity index (χ3n) is 2.09. The molecule has 1 unspecified atom stereocenters. The van der Waals surface area contributed by atoms with Crippen LogP contribution in [0.15, 0.2) is 20.8 Å². The lowest BCUT2D eigenvalue weighted by atomic mass is 10.0. The first-order valence-corrected chi connectivity index (χ1v) is 5.13. The number of halogens is 2. The van der Waals surface area contributed by atoms with Crippen molar-refractivity contribution in [1.29, 1.82) is 0 Å². The second kappa shape index (κ2) is 2.45. The van der Waals surface area contributed by atoms with Crippen LogP contribution in [0.4, 0.5) is 0 Å². The van der Waals surface area contributed by atoms with Gasteiger partial charge in [0.1, 0.15) is 5.60 Å². The topological polar surface area (TPSA) is 26.3 Å². The van der Waals surface area contributed by atoms with E-state index < -0.39 is 0 Å². The average Bonchev–Trinajstić information content (AvgIpc) is 2.41. The molecule has 2 rings (SSSR count). The molecule has 0 radical (unpaired) electrons. The summed E-state index contributed by atoms with van der Waals surface area (Å²) in [7, 11) is 0. The first-order chi connectivity index (χ1) is 5.54. The van der Waals surface area contributed by atoms with Crippen molar-refractivity contribution in [2.24, 2.45) is 0 Å². The molecular weight excluding hydrogens is 288 g/mol. The van der Waals surface area contributed by atoms with Crippen LogP contribution in [0.3, 0.4) is 0 Å². The smallest absolute Gasteiger partial charge is 0.235 e. The normalized spacial score (nSPS) is 33.6. The van der Waals surface area contributed by atoms with Gasteiger partial charge in [-0.25, -0.2) is 0 Å². The highest BCUT2D eigenvalue weighted by Crippen LogP contribution is 2.46. The Labute approximate surface area is 86.9 Å². The minimum absolute atomic E-state index is 0.0724. The van der Waals surface area contributed by atoms with Crippen LogP contribution in [0.25, 0.3) is 0 Å². The van der Waals surface area contributed by atoms with Crippen molar-refractivity contribution in [2.75, 3.05) is 0 Å². The van der Waals surface area contributed by atoms with Gasteiger partial charge in [-0.05, 0) is 44.9 Å². The molecule has 2 nitrogen and oxygen atoms in total. The Morgan fingerprint density at radius 2 is 2.25 bits per heavy atom. The third-order valence-corrected chi connectivity index (χ3v) is 4.62. The highest BCUT2D eigenvalue weighted by molar-refractivity contribution is 9.14. The van der Waals surface area contributed by atoms with Crippen LogP contribution in [0.2, 0.25) is 0 Å². The van der Waals surface area contributed by atoms with E-state index in [1.54, 1.807) is 0 Å². The van der Waals surface area contributed by atoms with Gasteiger partial charge in [0.15, 0.2) is 5.76 Å². The van der Waals surface area contributed by atoms with Gasteiger partial charge in [-0.15, -0.1) is 0 Å². The number of fused-ring (bicyclic) bond motifs is 2. The molecule has 2 aliphatic heterocycles. The SMILES string of the molecule is CC12CC=C(O1)C(=O)C(Br)=C2Br. The number of carbonyl (C=O) groups is 1. The monoisotopic (exact) mass is 292 g/mol. The molecule has 0 aliphatic carbocycles. The van der Waals surface area contributed by atoms with Gasteiger partial charge in [0.05, 0.1) is 8.96 Å². The minimum Gasteiger partial charge on any atom is -0.478 e. The molecule has 12 heavy (non-hydrogen) atoms. The molecule has 2 aliphatic rings. The van der Waals surface area contributed by atoms with Gasteiger partial charge in [0.25, 0.3) is 0 Å². The first kappa shape index (κ1) is 8.51. The van der Waals surface area contributed by atoms with Crippen molar-refractivity contribution in [3.8, 4) is 0 Å². The second-order valence-corrected chi connectivity index (χ2v) is 4.65. The van der Waals surface area contributed by atoms with Crippen molar-refractivity contribution in [1.82, 2.24) is 0 Å². The largest absolute Gasteiger partial charge is 0.478 e. The fraction of sp³-hybridized carbons (Fsp3) is 0.375. The van der Waals surface area contributed by atoms with Gasteiger partial charge in [-0.1, -0.05) is 0 Å². The number of carbonyl (C=O) groups excluding carboxylic acids is 1. The number of ether oxygens (including phenoxy) is 1. The van der Waals surface area contributed by atoms with Gasteiger partial charge < -0.3 is 4.74 Å². The molecule has 2 heterocycles. The van der Waals surface area contributed by atoms with E-state index in [0.717, 1.165) is 10.9 Å². The summed E-state index contributed by atoms with van der Waals surface area (Å²) in [4.78, 5) is 11.4. The second-order valence-electron chi connectivity index (χ2n) is 3.06. The molecule has 0 N–H and O–H groups in total. The maximum atomic E-state index is 11.4. The van der Waals surface area contributed by atoms with E-state index in [0.29, 0.717) is 10.2 Å². The van der Waals surface area contributed by atoms with Gasteiger partial charge in [0, 0.05) is 6.42 Å². The van der Waals surface area contributed by atoms with Crippen LogP contribution in [-0.4, -0.2) is 11.4 Å². The van der Waals surface area contributed by atoms with E-state index in [9.17, 15) is 4.79 Å². The zero-order valence-electron chi connectivity index (χ0n) is 6.36. The number of rotatable bonds is 0. The quantitative estimate of drug-likeness (QED) is 0.686. The summed E-state index contributed by atoms with van der Waals surface area (Å²) in [5.41, 5.74) is -0.359. The Hall–Kier alpha value is -0.0900. The summed E-state index contributed by atoms with van der Waals surface area (Å²) in [6, 6.07) is 0. The number of ketones is 1. The molecule has 0 aromatic carbocycles. The van der Waals surface area contributed by atoms with Gasteiger partial charge in [0.2, 0.25) is 5.78 Å². The highest BCUT2D eigenvalue weighted by atomic mass is 79.9. The van der Waals surface area contributed by atoms with Crippen LogP contribution >= 0.6 is 31.9 Å². The number of hydrogen-bond acceptors (Lipinski definition) is 2. The van der Waals surface area contributed by atoms with Crippen molar-refractivity contribution in [2.45, 2.75) is 18.9 Å². The van der Waals surface area contributed by atoms with Gasteiger partial charge in [-0.3, -0.25) is 4.79 Å². The summed E-state index contributed by atoms with van der Waals surface area (Å²) < 4.78 is 6.84. The maximum Gasteiger partial charge on any atom is 0.235 e. The predicted molar refractivity (Wildman–Crippen MR) is 52.1 cm³/mol. The molecule has 0 spiro atoms. The standard InChI is InChI=1S/C8H6Br2O2/c1-8-3-2-4(12-8)6(11)5(9)7(8)10/h2H,3H2,1H3. The fourth-order valence-electron chi connectivity index (χ4n) is 1.33. The first-order valence-electron chi connectivity index (χ1n) is 3.54. The molecule has 0 saturated carbocycles. The lowest BCUT2D eigenvalue weighted by molar-refractivity contribution is -0.117. The van der Waals surface area contributed by atoms with Gasteiger partial charge in [-0.2, -0.15) is 0 Å². The molecule has 1 atom stereocenters. The van der Waals surface area contributed by atoms with Crippen LogP contribution in [0.1, 0.15) is 13.3 Å². The number of allylic oxidation sites excluding steroid dienone is 1. The molecule has 0 aromatic rings. The Morgan fingerprint density at radius 3 is 2.92 bits per heavy atom. The summed E-state index contributed by atoms with van der Waals surface area (Å²) in [5, 5.41) is 0. The average molecular weight is 294 g/mol. The van der Waals surface area contributed by atoms with Crippen molar-refractivity contribution in [3.05, 3.63) is 20.8 Å². The van der Waals surface area contributed by atoms with Gasteiger partial charge >= 0.3 is 0 Å². The van der Waals surface area contributed by atoms with E-state index in [4.69, 9.17) is 4.74 Å². The summed E-state index contributed by atoms with van der Waals surface area (Å²) >= 11 is 6.59. The fourth-order valence-corrected chi connectivity index (χ4v) is 2.36. The van der Waals surface area contributed by atoms with E-state index in [2.05, 4.69) is 31.9 Å². The highest BCUT2D eigenvalue weighted by Gasteiger charge is 2.44. The number of Topliss-reactive ketones (excluding diaryl/α,β-unsaturated/α-hetero) is 1. The van der Waals surface area contributed by atoms with E-state index in [1.807, 2.05) is 13.0 Å². The zero-order chi connectivity index (χ0) is 8.93. The number of hydrogen-bond donors (Lipinski definition) is 0.